The Hall–Kier alpha value is -2.19. The number of fused-ring (bicyclic) bond motifs is 1. The maximum Gasteiger partial charge on any atom is 0.305 e. The van der Waals surface area contributed by atoms with Crippen LogP contribution in [0.25, 0.3) is 10.2 Å². The van der Waals surface area contributed by atoms with E-state index in [0.717, 1.165) is 17.4 Å². The van der Waals surface area contributed by atoms with E-state index in [1.54, 1.807) is 19.1 Å². The zero-order chi connectivity index (χ0) is 15.9. The van der Waals surface area contributed by atoms with Crippen molar-refractivity contribution >= 4 is 37.3 Å². The van der Waals surface area contributed by atoms with E-state index in [1.165, 1.54) is 18.2 Å². The Bertz CT molecular complexity index is 1020. The molecular weight excluding hydrogens is 327 g/mol. The average molecular weight is 338 g/mol. The van der Waals surface area contributed by atoms with Crippen molar-refractivity contribution in [2.75, 3.05) is 4.72 Å². The molecule has 3 aromatic rings. The first-order chi connectivity index (χ1) is 10.3. The number of anilines is 1. The van der Waals surface area contributed by atoms with Gasteiger partial charge in [-0.15, -0.1) is 0 Å². The molecule has 0 bridgehead atoms. The van der Waals surface area contributed by atoms with Crippen molar-refractivity contribution in [3.05, 3.63) is 57.4 Å². The third kappa shape index (κ3) is 2.75. The molecule has 1 aromatic heterocycles. The highest BCUT2D eigenvalue weighted by molar-refractivity contribution is 7.92. The number of aromatic nitrogens is 1. The molecule has 0 radical (unpaired) electrons. The zero-order valence-electron chi connectivity index (χ0n) is 11.4. The molecule has 2 aromatic carbocycles. The molecule has 1 heterocycles. The summed E-state index contributed by atoms with van der Waals surface area (Å²) in [4.78, 5) is 13.5. The lowest BCUT2D eigenvalue weighted by Crippen LogP contribution is -2.13. The fourth-order valence-electron chi connectivity index (χ4n) is 1.96. The van der Waals surface area contributed by atoms with Crippen LogP contribution in [0.5, 0.6) is 0 Å². The normalized spacial score (nSPS) is 11.7. The summed E-state index contributed by atoms with van der Waals surface area (Å²) >= 11 is 0.987. The summed E-state index contributed by atoms with van der Waals surface area (Å²) < 4.78 is 41.1. The molecule has 114 valence electrons. The quantitative estimate of drug-likeness (QED) is 0.771. The molecule has 0 amide bonds. The summed E-state index contributed by atoms with van der Waals surface area (Å²) in [5.41, 5.74) is 1.32. The molecule has 0 spiro atoms. The van der Waals surface area contributed by atoms with E-state index in [2.05, 4.69) is 9.71 Å². The number of rotatable bonds is 3. The number of halogens is 1. The summed E-state index contributed by atoms with van der Waals surface area (Å²) in [6.07, 6.45) is 0. The van der Waals surface area contributed by atoms with Gasteiger partial charge in [0.15, 0.2) is 0 Å². The summed E-state index contributed by atoms with van der Waals surface area (Å²) in [6.45, 7) is 1.56. The third-order valence-electron chi connectivity index (χ3n) is 3.13. The van der Waals surface area contributed by atoms with E-state index in [-0.39, 0.29) is 9.77 Å². The Labute approximate surface area is 129 Å². The number of sulfonamides is 1. The first-order valence-electron chi connectivity index (χ1n) is 6.27. The van der Waals surface area contributed by atoms with Gasteiger partial charge in [-0.1, -0.05) is 17.4 Å². The summed E-state index contributed by atoms with van der Waals surface area (Å²) in [5, 5.41) is 0. The predicted molar refractivity (Wildman–Crippen MR) is 84.4 cm³/mol. The molecule has 0 unspecified atom stereocenters. The van der Waals surface area contributed by atoms with Crippen LogP contribution in [0.1, 0.15) is 5.56 Å². The van der Waals surface area contributed by atoms with Crippen molar-refractivity contribution in [2.45, 2.75) is 11.8 Å². The number of thiazole rings is 1. The zero-order valence-corrected chi connectivity index (χ0v) is 13.0. The highest BCUT2D eigenvalue weighted by atomic mass is 32.2. The first kappa shape index (κ1) is 14.7. The van der Waals surface area contributed by atoms with Crippen LogP contribution in [0.2, 0.25) is 0 Å². The lowest BCUT2D eigenvalue weighted by molar-refractivity contribution is 0.593. The van der Waals surface area contributed by atoms with E-state index in [1.807, 2.05) is 0 Å². The van der Waals surface area contributed by atoms with Crippen LogP contribution in [0.15, 0.2) is 46.1 Å². The molecule has 22 heavy (non-hydrogen) atoms. The van der Waals surface area contributed by atoms with Crippen molar-refractivity contribution < 1.29 is 12.8 Å². The number of nitrogens with one attached hydrogen (secondary N) is 2. The lowest BCUT2D eigenvalue weighted by Gasteiger charge is -2.09. The topological polar surface area (TPSA) is 79.0 Å². The number of aromatic amines is 1. The van der Waals surface area contributed by atoms with Crippen LogP contribution < -0.4 is 9.60 Å². The van der Waals surface area contributed by atoms with Gasteiger partial charge >= 0.3 is 4.87 Å². The van der Waals surface area contributed by atoms with Gasteiger partial charge in [0.05, 0.1) is 20.8 Å². The van der Waals surface area contributed by atoms with Crippen LogP contribution in [-0.4, -0.2) is 13.4 Å². The molecule has 0 atom stereocenters. The van der Waals surface area contributed by atoms with Crippen LogP contribution in [0.4, 0.5) is 10.1 Å². The molecule has 0 aliphatic heterocycles. The second-order valence-electron chi connectivity index (χ2n) is 4.74. The van der Waals surface area contributed by atoms with Crippen molar-refractivity contribution in [3.8, 4) is 0 Å². The Balaban J connectivity index is 1.98. The molecule has 0 fully saturated rings. The van der Waals surface area contributed by atoms with Crippen molar-refractivity contribution in [1.29, 1.82) is 0 Å². The number of H-pyrrole nitrogens is 1. The average Bonchev–Trinajstić information content (AvgIpc) is 2.80. The summed E-state index contributed by atoms with van der Waals surface area (Å²) in [6, 6.07) is 8.43. The number of hydrogen-bond acceptors (Lipinski definition) is 4. The second-order valence-corrected chi connectivity index (χ2v) is 7.44. The predicted octanol–water partition coefficient (Wildman–Crippen LogP) is 2.84. The second kappa shape index (κ2) is 5.22. The van der Waals surface area contributed by atoms with Crippen LogP contribution in [0.3, 0.4) is 0 Å². The smallest absolute Gasteiger partial charge is 0.305 e. The SMILES string of the molecule is Cc1ccc(S(=O)(=O)Nc2ccc3[nH]c(=O)sc3c2)cc1F. The monoisotopic (exact) mass is 338 g/mol. The maximum atomic E-state index is 13.5. The Morgan fingerprint density at radius 2 is 1.95 bits per heavy atom. The maximum absolute atomic E-state index is 13.5. The van der Waals surface area contributed by atoms with E-state index >= 15 is 0 Å². The summed E-state index contributed by atoms with van der Waals surface area (Å²) in [5.74, 6) is -0.581. The molecule has 0 saturated heterocycles. The fraction of sp³-hybridized carbons (Fsp3) is 0.0714. The van der Waals surface area contributed by atoms with Gasteiger partial charge in [0, 0.05) is 0 Å². The van der Waals surface area contributed by atoms with Gasteiger partial charge in [0.1, 0.15) is 5.82 Å². The minimum atomic E-state index is -3.89. The molecule has 0 saturated carbocycles. The standard InChI is InChI=1S/C14H11FN2O3S2/c1-8-2-4-10(7-11(8)15)22(19,20)17-9-3-5-12-13(6-9)21-14(18)16-12/h2-7,17H,1H3,(H,16,18). The van der Waals surface area contributed by atoms with Gasteiger partial charge in [-0.2, -0.15) is 0 Å². The third-order valence-corrected chi connectivity index (χ3v) is 5.35. The molecule has 5 nitrogen and oxygen atoms in total. The van der Waals surface area contributed by atoms with Gasteiger partial charge in [0.2, 0.25) is 0 Å². The van der Waals surface area contributed by atoms with E-state index in [4.69, 9.17) is 0 Å². The van der Waals surface area contributed by atoms with Crippen molar-refractivity contribution in [1.82, 2.24) is 4.98 Å². The minimum Gasteiger partial charge on any atom is -0.312 e. The Morgan fingerprint density at radius 3 is 2.68 bits per heavy atom. The van der Waals surface area contributed by atoms with Crippen LogP contribution >= 0.6 is 11.3 Å². The molecule has 3 rings (SSSR count). The van der Waals surface area contributed by atoms with Gasteiger partial charge in [-0.3, -0.25) is 9.52 Å². The molecule has 0 aliphatic carbocycles. The van der Waals surface area contributed by atoms with Crippen LogP contribution in [-0.2, 0) is 10.0 Å². The molecule has 8 heteroatoms. The summed E-state index contributed by atoms with van der Waals surface area (Å²) in [7, 11) is -3.89. The van der Waals surface area contributed by atoms with Crippen LogP contribution in [0, 0.1) is 12.7 Å². The fourth-order valence-corrected chi connectivity index (χ4v) is 3.80. The molecule has 0 aliphatic rings. The van der Waals surface area contributed by atoms with E-state index < -0.39 is 15.8 Å². The van der Waals surface area contributed by atoms with Gasteiger partial charge in [-0.25, -0.2) is 12.8 Å². The van der Waals surface area contributed by atoms with Crippen molar-refractivity contribution in [2.24, 2.45) is 0 Å². The highest BCUT2D eigenvalue weighted by Gasteiger charge is 2.16. The number of hydrogen-bond donors (Lipinski definition) is 2. The van der Waals surface area contributed by atoms with Crippen molar-refractivity contribution in [3.63, 3.8) is 0 Å². The lowest BCUT2D eigenvalue weighted by atomic mass is 10.2. The number of aryl methyl sites for hydroxylation is 1. The van der Waals surface area contributed by atoms with Gasteiger partial charge in [0.25, 0.3) is 10.0 Å². The Morgan fingerprint density at radius 1 is 1.18 bits per heavy atom. The first-order valence-corrected chi connectivity index (χ1v) is 8.57. The minimum absolute atomic E-state index is 0.155. The van der Waals surface area contributed by atoms with E-state index in [0.29, 0.717) is 21.5 Å². The molecular formula is C14H11FN2O3S2. The van der Waals surface area contributed by atoms with E-state index in [9.17, 15) is 17.6 Å². The van der Waals surface area contributed by atoms with Gasteiger partial charge < -0.3 is 4.98 Å². The molecule has 2 N–H and O–H groups in total. The van der Waals surface area contributed by atoms with Gasteiger partial charge in [-0.05, 0) is 42.8 Å². The number of benzene rings is 2. The highest BCUT2D eigenvalue weighted by Crippen LogP contribution is 2.23. The Kier molecular flexibility index (Phi) is 3.50. The largest absolute Gasteiger partial charge is 0.312 e.